The molecule has 0 amide bonds. The number of carbonyl (C=O) groups is 1. The van der Waals surface area contributed by atoms with Gasteiger partial charge < -0.3 is 10.4 Å². The lowest BCUT2D eigenvalue weighted by atomic mass is 10.0. The van der Waals surface area contributed by atoms with Gasteiger partial charge >= 0.3 is 12.1 Å². The molecule has 2 N–H and O–H groups in total. The van der Waals surface area contributed by atoms with Crippen LogP contribution in [0.5, 0.6) is 0 Å². The topological polar surface area (TPSA) is 49.3 Å². The Labute approximate surface area is 120 Å². The lowest BCUT2D eigenvalue weighted by molar-refractivity contribution is -0.137. The number of hydrogen-bond donors (Lipinski definition) is 3. The smallest absolute Gasteiger partial charge is 0.416 e. The molecule has 0 spiro atoms. The molecule has 1 rings (SSSR count). The molecule has 0 bridgehead atoms. The summed E-state index contributed by atoms with van der Waals surface area (Å²) in [7, 11) is 0. The first-order valence-corrected chi connectivity index (χ1v) is 6.53. The maximum atomic E-state index is 12.8. The molecule has 1 aromatic carbocycles. The highest BCUT2D eigenvalue weighted by molar-refractivity contribution is 7.80. The number of hydrogen-bond acceptors (Lipinski definition) is 3. The number of carboxylic acid groups (broad SMARTS) is 1. The van der Waals surface area contributed by atoms with Gasteiger partial charge in [0.05, 0.1) is 5.56 Å². The molecule has 0 saturated carbocycles. The molecule has 1 aromatic rings. The van der Waals surface area contributed by atoms with Crippen molar-refractivity contribution >= 4 is 18.6 Å². The van der Waals surface area contributed by atoms with Crippen LogP contribution in [0.2, 0.25) is 0 Å². The van der Waals surface area contributed by atoms with Gasteiger partial charge in [-0.25, -0.2) is 0 Å². The molecule has 0 fully saturated rings. The van der Waals surface area contributed by atoms with E-state index in [2.05, 4.69) is 17.9 Å². The van der Waals surface area contributed by atoms with E-state index in [4.69, 9.17) is 5.11 Å². The predicted molar refractivity (Wildman–Crippen MR) is 72.7 cm³/mol. The summed E-state index contributed by atoms with van der Waals surface area (Å²) in [5.41, 5.74) is 0.0657. The SMILES string of the molecule is CC(S)NCc1cc(CCC(=O)O)cc(C(F)(F)F)c1. The molecule has 20 heavy (non-hydrogen) atoms. The molecule has 0 aliphatic rings. The number of carboxylic acids is 1. The summed E-state index contributed by atoms with van der Waals surface area (Å²) in [6, 6.07) is 3.64. The van der Waals surface area contributed by atoms with Gasteiger partial charge in [-0.1, -0.05) is 6.07 Å². The van der Waals surface area contributed by atoms with Crippen molar-refractivity contribution in [3.05, 3.63) is 34.9 Å². The van der Waals surface area contributed by atoms with Crippen LogP contribution in [0.1, 0.15) is 30.0 Å². The van der Waals surface area contributed by atoms with Gasteiger partial charge in [-0.2, -0.15) is 25.8 Å². The first kappa shape index (κ1) is 16.8. The molecule has 1 unspecified atom stereocenters. The summed E-state index contributed by atoms with van der Waals surface area (Å²) >= 11 is 4.09. The number of halogens is 3. The fourth-order valence-electron chi connectivity index (χ4n) is 1.69. The lowest BCUT2D eigenvalue weighted by Gasteiger charge is -2.13. The van der Waals surface area contributed by atoms with Gasteiger partial charge in [0.1, 0.15) is 0 Å². The van der Waals surface area contributed by atoms with E-state index in [1.807, 2.05) is 0 Å². The monoisotopic (exact) mass is 307 g/mol. The zero-order valence-corrected chi connectivity index (χ0v) is 11.8. The number of benzene rings is 1. The molecule has 0 aliphatic carbocycles. The van der Waals surface area contributed by atoms with E-state index in [0.29, 0.717) is 11.1 Å². The van der Waals surface area contributed by atoms with Gasteiger partial charge in [-0.15, -0.1) is 0 Å². The van der Waals surface area contributed by atoms with Gasteiger partial charge in [0, 0.05) is 18.3 Å². The van der Waals surface area contributed by atoms with E-state index in [1.165, 1.54) is 0 Å². The molecule has 1 atom stereocenters. The van der Waals surface area contributed by atoms with Crippen molar-refractivity contribution in [2.24, 2.45) is 0 Å². The minimum Gasteiger partial charge on any atom is -0.481 e. The summed E-state index contributed by atoms with van der Waals surface area (Å²) in [6.07, 6.45) is -4.57. The Kier molecular flexibility index (Phi) is 5.88. The average molecular weight is 307 g/mol. The molecular formula is C13H16F3NO2S. The number of aliphatic carboxylic acids is 1. The van der Waals surface area contributed by atoms with Crippen LogP contribution < -0.4 is 5.32 Å². The van der Waals surface area contributed by atoms with Crippen molar-refractivity contribution in [3.8, 4) is 0 Å². The third kappa shape index (κ3) is 5.83. The molecular weight excluding hydrogens is 291 g/mol. The van der Waals surface area contributed by atoms with Gasteiger partial charge in [-0.05, 0) is 36.6 Å². The number of aryl methyl sites for hydroxylation is 1. The molecule has 7 heteroatoms. The van der Waals surface area contributed by atoms with E-state index in [1.54, 1.807) is 13.0 Å². The molecule has 0 radical (unpaired) electrons. The lowest BCUT2D eigenvalue weighted by Crippen LogP contribution is -2.20. The molecule has 0 aliphatic heterocycles. The maximum absolute atomic E-state index is 12.8. The van der Waals surface area contributed by atoms with Gasteiger partial charge in [0.2, 0.25) is 0 Å². The molecule has 0 saturated heterocycles. The van der Waals surface area contributed by atoms with Crippen LogP contribution in [0.3, 0.4) is 0 Å². The average Bonchev–Trinajstić information content (AvgIpc) is 2.32. The number of nitrogens with one attached hydrogen (secondary N) is 1. The van der Waals surface area contributed by atoms with Crippen LogP contribution >= 0.6 is 12.6 Å². The van der Waals surface area contributed by atoms with E-state index >= 15 is 0 Å². The van der Waals surface area contributed by atoms with Crippen LogP contribution in [0, 0.1) is 0 Å². The zero-order chi connectivity index (χ0) is 15.3. The number of thiol groups is 1. The fourth-order valence-corrected chi connectivity index (χ4v) is 1.78. The minimum absolute atomic E-state index is 0.0721. The van der Waals surface area contributed by atoms with Crippen molar-refractivity contribution in [3.63, 3.8) is 0 Å². The Morgan fingerprint density at radius 1 is 1.35 bits per heavy atom. The molecule has 3 nitrogen and oxygen atoms in total. The highest BCUT2D eigenvalue weighted by atomic mass is 32.1. The van der Waals surface area contributed by atoms with Gasteiger partial charge in [-0.3, -0.25) is 4.79 Å². The third-order valence-electron chi connectivity index (χ3n) is 2.61. The molecule has 112 valence electrons. The Hall–Kier alpha value is -1.21. The molecule has 0 heterocycles. The summed E-state index contributed by atoms with van der Waals surface area (Å²) in [6.45, 7) is 2.01. The largest absolute Gasteiger partial charge is 0.481 e. The highest BCUT2D eigenvalue weighted by Gasteiger charge is 2.31. The summed E-state index contributed by atoms with van der Waals surface area (Å²) in [4.78, 5) is 10.5. The minimum atomic E-state index is -4.44. The van der Waals surface area contributed by atoms with Crippen LogP contribution in [-0.2, 0) is 23.9 Å². The van der Waals surface area contributed by atoms with Crippen molar-refractivity contribution in [2.45, 2.75) is 37.9 Å². The second kappa shape index (κ2) is 6.99. The number of alkyl halides is 3. The van der Waals surface area contributed by atoms with E-state index in [0.717, 1.165) is 12.1 Å². The summed E-state index contributed by atoms with van der Waals surface area (Å²) in [5, 5.41) is 11.4. The standard InChI is InChI=1S/C13H16F3NO2S/c1-8(20)17-7-10-4-9(2-3-12(18)19)5-11(6-10)13(14,15)16/h4-6,8,17,20H,2-3,7H2,1H3,(H,18,19). The fraction of sp³-hybridized carbons (Fsp3) is 0.462. The Bertz CT molecular complexity index is 475. The van der Waals surface area contributed by atoms with E-state index in [9.17, 15) is 18.0 Å². The van der Waals surface area contributed by atoms with Crippen LogP contribution in [-0.4, -0.2) is 16.4 Å². The van der Waals surface area contributed by atoms with Crippen LogP contribution in [0.25, 0.3) is 0 Å². The Morgan fingerprint density at radius 3 is 2.45 bits per heavy atom. The van der Waals surface area contributed by atoms with Crippen molar-refractivity contribution in [2.75, 3.05) is 0 Å². The van der Waals surface area contributed by atoms with E-state index in [-0.39, 0.29) is 24.8 Å². The quantitative estimate of drug-likeness (QED) is 0.559. The normalized spacial score (nSPS) is 13.2. The summed E-state index contributed by atoms with van der Waals surface area (Å²) in [5.74, 6) is -1.04. The second-order valence-electron chi connectivity index (χ2n) is 4.49. The van der Waals surface area contributed by atoms with Crippen LogP contribution in [0.4, 0.5) is 13.2 Å². The second-order valence-corrected chi connectivity index (χ2v) is 5.26. The first-order chi connectivity index (χ1) is 9.18. The van der Waals surface area contributed by atoms with Crippen molar-refractivity contribution in [1.82, 2.24) is 5.32 Å². The van der Waals surface area contributed by atoms with Gasteiger partial charge in [0.15, 0.2) is 0 Å². The first-order valence-electron chi connectivity index (χ1n) is 6.02. The zero-order valence-electron chi connectivity index (χ0n) is 10.9. The van der Waals surface area contributed by atoms with E-state index < -0.39 is 17.7 Å². The summed E-state index contributed by atoms with van der Waals surface area (Å²) < 4.78 is 38.4. The van der Waals surface area contributed by atoms with Crippen molar-refractivity contribution < 1.29 is 23.1 Å². The predicted octanol–water partition coefficient (Wildman–Crippen LogP) is 3.09. The maximum Gasteiger partial charge on any atom is 0.416 e. The Balaban J connectivity index is 2.98. The third-order valence-corrected chi connectivity index (χ3v) is 2.79. The van der Waals surface area contributed by atoms with Crippen LogP contribution in [0.15, 0.2) is 18.2 Å². The number of rotatable bonds is 6. The molecule has 0 aromatic heterocycles. The van der Waals surface area contributed by atoms with Crippen molar-refractivity contribution in [1.29, 1.82) is 0 Å². The Morgan fingerprint density at radius 2 is 1.95 bits per heavy atom. The highest BCUT2D eigenvalue weighted by Crippen LogP contribution is 2.31. The van der Waals surface area contributed by atoms with Gasteiger partial charge in [0.25, 0.3) is 0 Å².